The standard InChI is InChI=1S/C15H16O2/c1-11-7-9-13(10-8-11)15(17)14(16)12-5-3-2-4-6-12/h2-7,9-11,14,16H,8H2,1H3. The van der Waals surface area contributed by atoms with Crippen molar-refractivity contribution in [1.29, 1.82) is 0 Å². The molecule has 2 atom stereocenters. The molecule has 17 heavy (non-hydrogen) atoms. The summed E-state index contributed by atoms with van der Waals surface area (Å²) in [6.07, 6.45) is 5.52. The van der Waals surface area contributed by atoms with Crippen LogP contribution < -0.4 is 0 Å². The van der Waals surface area contributed by atoms with Crippen LogP contribution in [0.1, 0.15) is 25.0 Å². The van der Waals surface area contributed by atoms with Crippen molar-refractivity contribution in [2.75, 3.05) is 0 Å². The van der Waals surface area contributed by atoms with Gasteiger partial charge in [0.25, 0.3) is 0 Å². The summed E-state index contributed by atoms with van der Waals surface area (Å²) in [5.74, 6) is 0.250. The van der Waals surface area contributed by atoms with Crippen LogP contribution in [0.15, 0.2) is 54.1 Å². The van der Waals surface area contributed by atoms with E-state index in [4.69, 9.17) is 0 Å². The maximum Gasteiger partial charge on any atom is 0.195 e. The van der Waals surface area contributed by atoms with Crippen molar-refractivity contribution in [3.8, 4) is 0 Å². The number of ketones is 1. The number of aliphatic hydroxyl groups excluding tert-OH is 1. The first kappa shape index (κ1) is 11.8. The smallest absolute Gasteiger partial charge is 0.195 e. The van der Waals surface area contributed by atoms with Crippen LogP contribution in [0.5, 0.6) is 0 Å². The Kier molecular flexibility index (Phi) is 3.55. The fourth-order valence-electron chi connectivity index (χ4n) is 1.85. The summed E-state index contributed by atoms with van der Waals surface area (Å²) in [7, 11) is 0. The van der Waals surface area contributed by atoms with Gasteiger partial charge < -0.3 is 5.11 Å². The van der Waals surface area contributed by atoms with E-state index < -0.39 is 6.10 Å². The second-order valence-electron chi connectivity index (χ2n) is 4.41. The molecule has 0 aromatic heterocycles. The van der Waals surface area contributed by atoms with Crippen LogP contribution in [-0.2, 0) is 4.79 Å². The van der Waals surface area contributed by atoms with E-state index in [0.717, 1.165) is 6.42 Å². The van der Waals surface area contributed by atoms with Gasteiger partial charge in [0.2, 0.25) is 0 Å². The predicted molar refractivity (Wildman–Crippen MR) is 67.4 cm³/mol. The number of aliphatic hydroxyl groups is 1. The number of benzene rings is 1. The highest BCUT2D eigenvalue weighted by Gasteiger charge is 2.20. The van der Waals surface area contributed by atoms with Gasteiger partial charge in [-0.15, -0.1) is 0 Å². The lowest BCUT2D eigenvalue weighted by Gasteiger charge is -2.14. The van der Waals surface area contributed by atoms with Gasteiger partial charge in [0.15, 0.2) is 5.78 Å². The molecule has 1 aromatic carbocycles. The molecule has 2 rings (SSSR count). The van der Waals surface area contributed by atoms with Gasteiger partial charge in [-0.3, -0.25) is 4.79 Å². The van der Waals surface area contributed by atoms with Crippen molar-refractivity contribution in [1.82, 2.24) is 0 Å². The first-order valence-corrected chi connectivity index (χ1v) is 5.84. The average molecular weight is 228 g/mol. The summed E-state index contributed by atoms with van der Waals surface area (Å²) in [5, 5.41) is 9.98. The van der Waals surface area contributed by atoms with Crippen molar-refractivity contribution in [3.05, 3.63) is 59.7 Å². The fraction of sp³-hybridized carbons (Fsp3) is 0.267. The lowest BCUT2D eigenvalue weighted by atomic mass is 9.92. The van der Waals surface area contributed by atoms with Crippen molar-refractivity contribution < 1.29 is 9.90 Å². The number of carbonyl (C=O) groups is 1. The molecule has 1 aromatic rings. The summed E-state index contributed by atoms with van der Waals surface area (Å²) < 4.78 is 0. The Balaban J connectivity index is 2.14. The van der Waals surface area contributed by atoms with Crippen LogP contribution in [0.25, 0.3) is 0 Å². The molecule has 0 saturated carbocycles. The topological polar surface area (TPSA) is 37.3 Å². The Morgan fingerprint density at radius 3 is 2.65 bits per heavy atom. The highest BCUT2D eigenvalue weighted by molar-refractivity contribution is 6.01. The first-order valence-electron chi connectivity index (χ1n) is 5.84. The molecule has 0 saturated heterocycles. The monoisotopic (exact) mass is 228 g/mol. The average Bonchev–Trinajstić information content (AvgIpc) is 2.39. The first-order chi connectivity index (χ1) is 8.18. The molecule has 88 valence electrons. The van der Waals surface area contributed by atoms with E-state index in [2.05, 4.69) is 6.92 Å². The molecule has 1 N–H and O–H groups in total. The van der Waals surface area contributed by atoms with E-state index in [9.17, 15) is 9.90 Å². The highest BCUT2D eigenvalue weighted by atomic mass is 16.3. The normalized spacial score (nSPS) is 20.8. The molecule has 2 unspecified atom stereocenters. The molecule has 2 nitrogen and oxygen atoms in total. The Morgan fingerprint density at radius 1 is 1.35 bits per heavy atom. The maximum atomic E-state index is 12.0. The number of rotatable bonds is 3. The summed E-state index contributed by atoms with van der Waals surface area (Å²) >= 11 is 0. The van der Waals surface area contributed by atoms with Crippen molar-refractivity contribution in [2.45, 2.75) is 19.4 Å². The van der Waals surface area contributed by atoms with Gasteiger partial charge in [-0.1, -0.05) is 55.5 Å². The third kappa shape index (κ3) is 2.71. The molecule has 0 spiro atoms. The van der Waals surface area contributed by atoms with Crippen LogP contribution in [0.3, 0.4) is 0 Å². The molecule has 2 heteroatoms. The van der Waals surface area contributed by atoms with Gasteiger partial charge >= 0.3 is 0 Å². The van der Waals surface area contributed by atoms with E-state index in [-0.39, 0.29) is 5.78 Å². The SMILES string of the molecule is CC1C=CC(C(=O)C(O)c2ccccc2)=CC1. The van der Waals surface area contributed by atoms with Crippen molar-refractivity contribution >= 4 is 5.78 Å². The molecule has 0 radical (unpaired) electrons. The summed E-state index contributed by atoms with van der Waals surface area (Å²) in [6.45, 7) is 2.10. The zero-order valence-corrected chi connectivity index (χ0v) is 9.84. The molecule has 1 aliphatic rings. The minimum atomic E-state index is -1.06. The van der Waals surface area contributed by atoms with Crippen LogP contribution in [-0.4, -0.2) is 10.9 Å². The van der Waals surface area contributed by atoms with Crippen LogP contribution in [0, 0.1) is 5.92 Å². The van der Waals surface area contributed by atoms with Gasteiger partial charge in [0.1, 0.15) is 6.10 Å². The van der Waals surface area contributed by atoms with E-state index >= 15 is 0 Å². The zero-order chi connectivity index (χ0) is 12.3. The number of hydrogen-bond acceptors (Lipinski definition) is 2. The number of allylic oxidation sites excluding steroid dienone is 3. The summed E-state index contributed by atoms with van der Waals surface area (Å²) in [4.78, 5) is 12.0. The number of carbonyl (C=O) groups excluding carboxylic acids is 1. The van der Waals surface area contributed by atoms with Gasteiger partial charge in [-0.05, 0) is 17.9 Å². The number of hydrogen-bond donors (Lipinski definition) is 1. The van der Waals surface area contributed by atoms with Gasteiger partial charge in [0, 0.05) is 5.57 Å². The molecule has 0 heterocycles. The second-order valence-corrected chi connectivity index (χ2v) is 4.41. The third-order valence-electron chi connectivity index (χ3n) is 2.96. The largest absolute Gasteiger partial charge is 0.380 e. The van der Waals surface area contributed by atoms with Crippen molar-refractivity contribution in [3.63, 3.8) is 0 Å². The highest BCUT2D eigenvalue weighted by Crippen LogP contribution is 2.22. The summed E-state index contributed by atoms with van der Waals surface area (Å²) in [6, 6.07) is 9.02. The molecule has 0 aliphatic heterocycles. The quantitative estimate of drug-likeness (QED) is 0.863. The van der Waals surface area contributed by atoms with E-state index in [0.29, 0.717) is 17.1 Å². The molecular formula is C15H16O2. The minimum absolute atomic E-state index is 0.223. The molecule has 0 fully saturated rings. The summed E-state index contributed by atoms with van der Waals surface area (Å²) in [5.41, 5.74) is 1.25. The van der Waals surface area contributed by atoms with E-state index in [1.165, 1.54) is 0 Å². The van der Waals surface area contributed by atoms with Gasteiger partial charge in [-0.2, -0.15) is 0 Å². The Morgan fingerprint density at radius 2 is 2.06 bits per heavy atom. The molecular weight excluding hydrogens is 212 g/mol. The molecule has 0 bridgehead atoms. The van der Waals surface area contributed by atoms with Crippen LogP contribution in [0.4, 0.5) is 0 Å². The van der Waals surface area contributed by atoms with E-state index in [1.54, 1.807) is 12.1 Å². The second kappa shape index (κ2) is 5.11. The maximum absolute atomic E-state index is 12.0. The van der Waals surface area contributed by atoms with Gasteiger partial charge in [0.05, 0.1) is 0 Å². The lowest BCUT2D eigenvalue weighted by Crippen LogP contribution is -2.15. The van der Waals surface area contributed by atoms with Crippen molar-refractivity contribution in [2.24, 2.45) is 5.92 Å². The Bertz CT molecular complexity index is 457. The lowest BCUT2D eigenvalue weighted by molar-refractivity contribution is -0.123. The van der Waals surface area contributed by atoms with E-state index in [1.807, 2.05) is 36.4 Å². The minimum Gasteiger partial charge on any atom is -0.380 e. The fourth-order valence-corrected chi connectivity index (χ4v) is 1.85. The Labute approximate surface area is 101 Å². The van der Waals surface area contributed by atoms with Gasteiger partial charge in [-0.25, -0.2) is 0 Å². The number of Topliss-reactive ketones (excluding diaryl/α,β-unsaturated/α-hetero) is 1. The third-order valence-corrected chi connectivity index (χ3v) is 2.96. The predicted octanol–water partition coefficient (Wildman–Crippen LogP) is 2.81. The molecule has 1 aliphatic carbocycles. The zero-order valence-electron chi connectivity index (χ0n) is 9.84. The van der Waals surface area contributed by atoms with Crippen LogP contribution >= 0.6 is 0 Å². The van der Waals surface area contributed by atoms with Crippen LogP contribution in [0.2, 0.25) is 0 Å². The molecule has 0 amide bonds. The Hall–Kier alpha value is -1.67.